The number of anilines is 2. The lowest BCUT2D eigenvalue weighted by Gasteiger charge is -2.23. The van der Waals surface area contributed by atoms with Crippen LogP contribution >= 0.6 is 0 Å². The number of nitrogens with one attached hydrogen (secondary N) is 1. The second kappa shape index (κ2) is 7.17. The Balaban J connectivity index is 1.59. The van der Waals surface area contributed by atoms with Crippen LogP contribution in [0.1, 0.15) is 35.7 Å². The minimum Gasteiger partial charge on any atom is -0.381 e. The standard InChI is InChI=1S/C21H23N7O2/c1-12-8-18-23-13(2)26-28(18)11-16(12)24-21-22-10-17-20(25-21)15(9-19(29)27(17)3)14-4-6-30-7-5-14/h8-11,14H,4-7H2,1-3H3,(H,22,24,25). The molecule has 1 fully saturated rings. The van der Waals surface area contributed by atoms with E-state index >= 15 is 0 Å². The second-order valence-electron chi connectivity index (χ2n) is 7.77. The second-order valence-corrected chi connectivity index (χ2v) is 7.77. The van der Waals surface area contributed by atoms with Crippen LogP contribution in [0.5, 0.6) is 0 Å². The van der Waals surface area contributed by atoms with Gasteiger partial charge in [-0.3, -0.25) is 4.79 Å². The lowest BCUT2D eigenvalue weighted by Crippen LogP contribution is -2.22. The summed E-state index contributed by atoms with van der Waals surface area (Å²) in [5.41, 5.74) is 5.13. The van der Waals surface area contributed by atoms with Crippen molar-refractivity contribution in [3.8, 4) is 0 Å². The predicted octanol–water partition coefficient (Wildman–Crippen LogP) is 2.63. The van der Waals surface area contributed by atoms with Crippen LogP contribution in [-0.4, -0.2) is 42.3 Å². The molecule has 0 aliphatic carbocycles. The lowest BCUT2D eigenvalue weighted by atomic mass is 9.91. The van der Waals surface area contributed by atoms with Crippen LogP contribution < -0.4 is 10.9 Å². The Kier molecular flexibility index (Phi) is 4.47. The average molecular weight is 405 g/mol. The zero-order valence-corrected chi connectivity index (χ0v) is 17.2. The summed E-state index contributed by atoms with van der Waals surface area (Å²) in [5.74, 6) is 1.46. The molecule has 4 aromatic heterocycles. The van der Waals surface area contributed by atoms with Gasteiger partial charge in [-0.2, -0.15) is 5.10 Å². The Morgan fingerprint density at radius 3 is 2.77 bits per heavy atom. The summed E-state index contributed by atoms with van der Waals surface area (Å²) in [5, 5.41) is 7.68. The molecule has 9 heteroatoms. The van der Waals surface area contributed by atoms with E-state index in [1.54, 1.807) is 28.4 Å². The summed E-state index contributed by atoms with van der Waals surface area (Å²) in [7, 11) is 1.75. The molecular formula is C21H23N7O2. The van der Waals surface area contributed by atoms with E-state index in [1.807, 2.05) is 26.1 Å². The third kappa shape index (κ3) is 3.21. The molecule has 154 valence electrons. The highest BCUT2D eigenvalue weighted by Crippen LogP contribution is 2.31. The molecule has 5 rings (SSSR count). The Bertz CT molecular complexity index is 1320. The van der Waals surface area contributed by atoms with Crippen LogP contribution in [0.15, 0.2) is 29.3 Å². The van der Waals surface area contributed by atoms with Crippen LogP contribution in [0.2, 0.25) is 0 Å². The largest absolute Gasteiger partial charge is 0.381 e. The van der Waals surface area contributed by atoms with E-state index in [1.165, 1.54) is 0 Å². The topological polar surface area (TPSA) is 99.2 Å². The van der Waals surface area contributed by atoms with Gasteiger partial charge in [-0.05, 0) is 49.8 Å². The van der Waals surface area contributed by atoms with Crippen LogP contribution in [0.4, 0.5) is 11.6 Å². The molecule has 0 atom stereocenters. The summed E-state index contributed by atoms with van der Waals surface area (Å²) >= 11 is 0. The number of nitrogens with zero attached hydrogens (tertiary/aromatic N) is 6. The van der Waals surface area contributed by atoms with Gasteiger partial charge in [0.05, 0.1) is 29.1 Å². The van der Waals surface area contributed by atoms with E-state index in [0.29, 0.717) is 19.2 Å². The monoisotopic (exact) mass is 405 g/mol. The fraction of sp³-hybridized carbons (Fsp3) is 0.381. The van der Waals surface area contributed by atoms with Crippen molar-refractivity contribution in [3.63, 3.8) is 0 Å². The van der Waals surface area contributed by atoms with Gasteiger partial charge in [0, 0.05) is 26.3 Å². The summed E-state index contributed by atoms with van der Waals surface area (Å²) in [6.07, 6.45) is 5.37. The molecule has 4 aromatic rings. The number of rotatable bonds is 3. The van der Waals surface area contributed by atoms with Crippen molar-refractivity contribution in [2.45, 2.75) is 32.6 Å². The molecule has 0 amide bonds. The highest BCUT2D eigenvalue weighted by molar-refractivity contribution is 5.80. The van der Waals surface area contributed by atoms with Crippen molar-refractivity contribution in [1.29, 1.82) is 0 Å². The quantitative estimate of drug-likeness (QED) is 0.559. The number of ether oxygens (including phenoxy) is 1. The van der Waals surface area contributed by atoms with Gasteiger partial charge in [-0.1, -0.05) is 0 Å². The molecule has 1 N–H and O–H groups in total. The van der Waals surface area contributed by atoms with Crippen molar-refractivity contribution >= 4 is 28.3 Å². The molecule has 5 heterocycles. The first-order valence-electron chi connectivity index (χ1n) is 10.0. The first-order chi connectivity index (χ1) is 14.5. The van der Waals surface area contributed by atoms with Crippen molar-refractivity contribution < 1.29 is 4.74 Å². The van der Waals surface area contributed by atoms with Crippen molar-refractivity contribution in [2.75, 3.05) is 18.5 Å². The number of hydrogen-bond donors (Lipinski definition) is 1. The molecule has 0 bridgehead atoms. The molecule has 1 aliphatic heterocycles. The normalized spacial score (nSPS) is 15.2. The number of aromatic nitrogens is 6. The molecule has 0 aromatic carbocycles. The SMILES string of the molecule is Cc1nc2cc(C)c(Nc3ncc4c(n3)c(C3CCOCC3)cc(=O)n4C)cn2n1. The van der Waals surface area contributed by atoms with Gasteiger partial charge < -0.3 is 14.6 Å². The molecule has 30 heavy (non-hydrogen) atoms. The van der Waals surface area contributed by atoms with Crippen LogP contribution in [0, 0.1) is 13.8 Å². The van der Waals surface area contributed by atoms with Gasteiger partial charge in [-0.15, -0.1) is 0 Å². The summed E-state index contributed by atoms with van der Waals surface area (Å²) in [4.78, 5) is 26.2. The maximum atomic E-state index is 12.5. The average Bonchev–Trinajstić information content (AvgIpc) is 3.10. The Morgan fingerprint density at radius 1 is 1.17 bits per heavy atom. The Labute approximate surface area is 172 Å². The smallest absolute Gasteiger partial charge is 0.251 e. The first-order valence-corrected chi connectivity index (χ1v) is 10.0. The predicted molar refractivity (Wildman–Crippen MR) is 113 cm³/mol. The lowest BCUT2D eigenvalue weighted by molar-refractivity contribution is 0.0855. The number of fused-ring (bicyclic) bond motifs is 2. The van der Waals surface area contributed by atoms with Gasteiger partial charge in [0.15, 0.2) is 5.65 Å². The van der Waals surface area contributed by atoms with Crippen LogP contribution in [-0.2, 0) is 11.8 Å². The highest BCUT2D eigenvalue weighted by atomic mass is 16.5. The maximum Gasteiger partial charge on any atom is 0.251 e. The van der Waals surface area contributed by atoms with Gasteiger partial charge in [0.1, 0.15) is 5.82 Å². The summed E-state index contributed by atoms with van der Waals surface area (Å²) in [6.45, 7) is 5.27. The molecule has 0 radical (unpaired) electrons. The van der Waals surface area contributed by atoms with Crippen LogP contribution in [0.3, 0.4) is 0 Å². The van der Waals surface area contributed by atoms with E-state index in [4.69, 9.17) is 9.72 Å². The third-order valence-electron chi connectivity index (χ3n) is 5.71. The molecule has 1 aliphatic rings. The van der Waals surface area contributed by atoms with E-state index in [9.17, 15) is 4.79 Å². The van der Waals surface area contributed by atoms with Gasteiger partial charge in [-0.25, -0.2) is 19.5 Å². The van der Waals surface area contributed by atoms with E-state index in [0.717, 1.165) is 52.2 Å². The zero-order valence-electron chi connectivity index (χ0n) is 17.2. The first kappa shape index (κ1) is 18.7. The molecule has 0 spiro atoms. The van der Waals surface area contributed by atoms with Crippen molar-refractivity contribution in [2.24, 2.45) is 7.05 Å². The number of aryl methyl sites for hydroxylation is 3. The van der Waals surface area contributed by atoms with E-state index in [-0.39, 0.29) is 11.5 Å². The molecule has 9 nitrogen and oxygen atoms in total. The van der Waals surface area contributed by atoms with Gasteiger partial charge in [0.25, 0.3) is 5.56 Å². The highest BCUT2D eigenvalue weighted by Gasteiger charge is 2.21. The minimum absolute atomic E-state index is 0.0452. The molecule has 0 unspecified atom stereocenters. The minimum atomic E-state index is -0.0452. The fourth-order valence-corrected chi connectivity index (χ4v) is 4.02. The number of hydrogen-bond acceptors (Lipinski definition) is 7. The Hall–Kier alpha value is -3.33. The fourth-order valence-electron chi connectivity index (χ4n) is 4.02. The van der Waals surface area contributed by atoms with Gasteiger partial charge >= 0.3 is 0 Å². The zero-order chi connectivity index (χ0) is 20.8. The molecule has 0 saturated carbocycles. The van der Waals surface area contributed by atoms with E-state index in [2.05, 4.69) is 20.4 Å². The van der Waals surface area contributed by atoms with E-state index < -0.39 is 0 Å². The molecule has 1 saturated heterocycles. The van der Waals surface area contributed by atoms with Gasteiger partial charge in [0.2, 0.25) is 5.95 Å². The van der Waals surface area contributed by atoms with Crippen LogP contribution in [0.25, 0.3) is 16.7 Å². The summed E-state index contributed by atoms with van der Waals surface area (Å²) < 4.78 is 8.83. The van der Waals surface area contributed by atoms with Crippen molar-refractivity contribution in [3.05, 3.63) is 51.8 Å². The molecular weight excluding hydrogens is 382 g/mol. The maximum absolute atomic E-state index is 12.5. The third-order valence-corrected chi connectivity index (χ3v) is 5.71. The Morgan fingerprint density at radius 2 is 1.97 bits per heavy atom. The number of pyridine rings is 2. The summed E-state index contributed by atoms with van der Waals surface area (Å²) in [6, 6.07) is 3.69. The van der Waals surface area contributed by atoms with Crippen molar-refractivity contribution in [1.82, 2.24) is 29.1 Å².